The van der Waals surface area contributed by atoms with Gasteiger partial charge in [0.2, 0.25) is 0 Å². The van der Waals surface area contributed by atoms with Gasteiger partial charge in [0.1, 0.15) is 5.60 Å². The second-order valence-corrected chi connectivity index (χ2v) is 8.44. The van der Waals surface area contributed by atoms with Crippen molar-refractivity contribution in [1.29, 1.82) is 0 Å². The molecule has 3 aliphatic heterocycles. The van der Waals surface area contributed by atoms with E-state index in [2.05, 4.69) is 12.2 Å². The van der Waals surface area contributed by atoms with Crippen LogP contribution in [0.25, 0.3) is 0 Å². The van der Waals surface area contributed by atoms with Crippen molar-refractivity contribution in [2.24, 2.45) is 11.7 Å². The zero-order chi connectivity index (χ0) is 20.0. The van der Waals surface area contributed by atoms with Crippen molar-refractivity contribution >= 4 is 6.09 Å². The molecule has 0 aromatic rings. The molecule has 0 spiro atoms. The molecule has 0 bridgehead atoms. The molecule has 0 radical (unpaired) electrons. The van der Waals surface area contributed by atoms with Crippen LogP contribution >= 0.6 is 0 Å². The first-order valence-corrected chi connectivity index (χ1v) is 10.1. The molecule has 3 rings (SSSR count). The maximum absolute atomic E-state index is 12.3. The van der Waals surface area contributed by atoms with Crippen molar-refractivity contribution < 1.29 is 19.0 Å². The van der Waals surface area contributed by atoms with Crippen molar-refractivity contribution in [2.45, 2.75) is 65.2 Å². The lowest BCUT2D eigenvalue weighted by atomic mass is 9.90. The number of carbonyl (C=O) groups excluding carboxylic acids is 1. The highest BCUT2D eigenvalue weighted by atomic mass is 16.6. The molecule has 0 unspecified atom stereocenters. The fourth-order valence-corrected chi connectivity index (χ4v) is 3.62. The minimum atomic E-state index is -0.468. The van der Waals surface area contributed by atoms with Crippen molar-refractivity contribution in [3.8, 4) is 0 Å². The molecule has 0 aliphatic carbocycles. The van der Waals surface area contributed by atoms with Crippen molar-refractivity contribution in [3.63, 3.8) is 0 Å². The number of hydrogen-bond donors (Lipinski definition) is 2. The van der Waals surface area contributed by atoms with E-state index in [0.29, 0.717) is 25.6 Å². The molecule has 7 heteroatoms. The second kappa shape index (κ2) is 9.75. The molecule has 3 N–H and O–H groups in total. The SMILES string of the molecule is C/C(=C1/CO[C@@H]2CN(C(=O)OC(C)(C)C)C[C@H]2N1)C1CCOCC1.CCN. The topological polar surface area (TPSA) is 86.0 Å². The van der Waals surface area contributed by atoms with Crippen LogP contribution in [0.4, 0.5) is 4.79 Å². The summed E-state index contributed by atoms with van der Waals surface area (Å²) in [6.07, 6.45) is 1.95. The van der Waals surface area contributed by atoms with Crippen LogP contribution in [0.5, 0.6) is 0 Å². The quantitative estimate of drug-likeness (QED) is 0.722. The minimum absolute atomic E-state index is 0.0451. The number of ether oxygens (including phenoxy) is 3. The van der Waals surface area contributed by atoms with Gasteiger partial charge in [-0.2, -0.15) is 0 Å². The lowest BCUT2D eigenvalue weighted by Gasteiger charge is -2.33. The highest BCUT2D eigenvalue weighted by Gasteiger charge is 2.40. The van der Waals surface area contributed by atoms with Crippen LogP contribution in [0.3, 0.4) is 0 Å². The third kappa shape index (κ3) is 6.36. The number of allylic oxidation sites excluding steroid dienone is 1. The number of fused-ring (bicyclic) bond motifs is 1. The monoisotopic (exact) mass is 383 g/mol. The Morgan fingerprint density at radius 1 is 1.30 bits per heavy atom. The normalized spacial score (nSPS) is 27.9. The van der Waals surface area contributed by atoms with E-state index >= 15 is 0 Å². The van der Waals surface area contributed by atoms with Gasteiger partial charge in [-0.05, 0) is 58.6 Å². The summed E-state index contributed by atoms with van der Waals surface area (Å²) in [6.45, 7) is 14.0. The Morgan fingerprint density at radius 3 is 2.52 bits per heavy atom. The fraction of sp³-hybridized carbons (Fsp3) is 0.850. The van der Waals surface area contributed by atoms with Gasteiger partial charge in [0, 0.05) is 25.5 Å². The summed E-state index contributed by atoms with van der Waals surface area (Å²) in [5.74, 6) is 0.574. The van der Waals surface area contributed by atoms with E-state index in [-0.39, 0.29) is 18.2 Å². The van der Waals surface area contributed by atoms with Crippen LogP contribution in [0.1, 0.15) is 47.5 Å². The Bertz CT molecular complexity index is 524. The van der Waals surface area contributed by atoms with Crippen molar-refractivity contribution in [1.82, 2.24) is 10.2 Å². The molecule has 0 saturated carbocycles. The predicted octanol–water partition coefficient (Wildman–Crippen LogP) is 2.26. The summed E-state index contributed by atoms with van der Waals surface area (Å²) in [7, 11) is 0. The number of nitrogens with two attached hydrogens (primary N) is 1. The van der Waals surface area contributed by atoms with Gasteiger partial charge in [-0.1, -0.05) is 6.92 Å². The summed E-state index contributed by atoms with van der Waals surface area (Å²) in [6, 6.07) is 0.149. The van der Waals surface area contributed by atoms with Gasteiger partial charge in [0.05, 0.1) is 25.3 Å². The molecule has 3 aliphatic rings. The second-order valence-electron chi connectivity index (χ2n) is 8.44. The van der Waals surface area contributed by atoms with E-state index in [0.717, 1.165) is 32.6 Å². The number of likely N-dealkylation sites (tertiary alicyclic amines) is 1. The summed E-state index contributed by atoms with van der Waals surface area (Å²) >= 11 is 0. The number of hydrogen-bond acceptors (Lipinski definition) is 6. The molecule has 156 valence electrons. The van der Waals surface area contributed by atoms with E-state index in [4.69, 9.17) is 19.9 Å². The van der Waals surface area contributed by atoms with Gasteiger partial charge < -0.3 is 30.2 Å². The Hall–Kier alpha value is -1.31. The first-order chi connectivity index (χ1) is 12.7. The van der Waals surface area contributed by atoms with Crippen LogP contribution in [0.15, 0.2) is 11.3 Å². The number of nitrogens with one attached hydrogen (secondary N) is 1. The Labute approximate surface area is 163 Å². The zero-order valence-corrected chi connectivity index (χ0v) is 17.5. The van der Waals surface area contributed by atoms with Crippen molar-refractivity contribution in [3.05, 3.63) is 11.3 Å². The van der Waals surface area contributed by atoms with Gasteiger partial charge in [-0.15, -0.1) is 0 Å². The third-order valence-electron chi connectivity index (χ3n) is 5.03. The van der Waals surface area contributed by atoms with E-state index in [1.54, 1.807) is 4.90 Å². The fourth-order valence-electron chi connectivity index (χ4n) is 3.62. The largest absolute Gasteiger partial charge is 0.444 e. The molecule has 1 amide bonds. The number of carbonyl (C=O) groups is 1. The highest BCUT2D eigenvalue weighted by molar-refractivity contribution is 5.68. The van der Waals surface area contributed by atoms with Crippen LogP contribution in [-0.4, -0.2) is 68.2 Å². The van der Waals surface area contributed by atoms with Crippen LogP contribution in [-0.2, 0) is 14.2 Å². The van der Waals surface area contributed by atoms with Gasteiger partial charge >= 0.3 is 6.09 Å². The molecule has 27 heavy (non-hydrogen) atoms. The molecule has 0 aromatic carbocycles. The smallest absolute Gasteiger partial charge is 0.410 e. The van der Waals surface area contributed by atoms with Gasteiger partial charge in [0.25, 0.3) is 0 Å². The summed E-state index contributed by atoms with van der Waals surface area (Å²) < 4.78 is 17.0. The average molecular weight is 384 g/mol. The van der Waals surface area contributed by atoms with E-state index in [1.165, 1.54) is 11.3 Å². The molecule has 3 fully saturated rings. The molecule has 3 heterocycles. The summed E-state index contributed by atoms with van der Waals surface area (Å²) in [4.78, 5) is 14.0. The summed E-state index contributed by atoms with van der Waals surface area (Å²) in [5.41, 5.74) is 6.95. The van der Waals surface area contributed by atoms with Crippen LogP contribution in [0, 0.1) is 5.92 Å². The van der Waals surface area contributed by atoms with Gasteiger partial charge in [-0.25, -0.2) is 4.79 Å². The first-order valence-electron chi connectivity index (χ1n) is 10.1. The maximum atomic E-state index is 12.3. The summed E-state index contributed by atoms with van der Waals surface area (Å²) in [5, 5.41) is 3.62. The Morgan fingerprint density at radius 2 is 1.93 bits per heavy atom. The van der Waals surface area contributed by atoms with Gasteiger partial charge in [0.15, 0.2) is 0 Å². The third-order valence-corrected chi connectivity index (χ3v) is 5.03. The number of morpholine rings is 1. The average Bonchev–Trinajstić information content (AvgIpc) is 3.04. The molecular formula is C20H37N3O4. The number of amides is 1. The van der Waals surface area contributed by atoms with Crippen LogP contribution in [0.2, 0.25) is 0 Å². The maximum Gasteiger partial charge on any atom is 0.410 e. The zero-order valence-electron chi connectivity index (χ0n) is 17.5. The molecule has 3 saturated heterocycles. The molecule has 0 aromatic heterocycles. The van der Waals surface area contributed by atoms with Crippen LogP contribution < -0.4 is 11.1 Å². The lowest BCUT2D eigenvalue weighted by Crippen LogP contribution is -2.47. The Kier molecular flexibility index (Phi) is 7.94. The molecular weight excluding hydrogens is 346 g/mol. The van der Waals surface area contributed by atoms with Gasteiger partial charge in [-0.3, -0.25) is 0 Å². The van der Waals surface area contributed by atoms with E-state index < -0.39 is 5.60 Å². The number of nitrogens with zero attached hydrogens (tertiary/aromatic N) is 1. The lowest BCUT2D eigenvalue weighted by molar-refractivity contribution is 0.0181. The number of rotatable bonds is 1. The van der Waals surface area contributed by atoms with Crippen molar-refractivity contribution in [2.75, 3.05) is 39.5 Å². The minimum Gasteiger partial charge on any atom is -0.444 e. The highest BCUT2D eigenvalue weighted by Crippen LogP contribution is 2.28. The first kappa shape index (κ1) is 22.0. The van der Waals surface area contributed by atoms with E-state index in [1.807, 2.05) is 27.7 Å². The van der Waals surface area contributed by atoms with E-state index in [9.17, 15) is 4.79 Å². The molecule has 2 atom stereocenters. The predicted molar refractivity (Wildman–Crippen MR) is 105 cm³/mol. The molecule has 7 nitrogen and oxygen atoms in total. The Balaban J connectivity index is 0.000000817. The standard InChI is InChI=1S/C18H30N2O4.C2H7N/c1-12(13-5-7-22-8-6-13)15-11-23-16-10-20(9-14(16)19-15)17(21)24-18(2,3)4;1-2-3/h13-14,16,19H,5-11H2,1-4H3;2-3H2,1H3/b15-12+;/t14-,16-;/m1./s1.